The number of ether oxygens (including phenoxy) is 1. The van der Waals surface area contributed by atoms with Gasteiger partial charge in [-0.3, -0.25) is 4.79 Å². The van der Waals surface area contributed by atoms with Crippen LogP contribution in [0.2, 0.25) is 0 Å². The molecular formula is C12H24N2O2. The van der Waals surface area contributed by atoms with Gasteiger partial charge in [0.25, 0.3) is 0 Å². The molecule has 0 atom stereocenters. The molecule has 0 spiro atoms. The molecule has 0 bridgehead atoms. The number of hydrogen-bond acceptors (Lipinski definition) is 3. The Morgan fingerprint density at radius 2 is 2.06 bits per heavy atom. The van der Waals surface area contributed by atoms with E-state index >= 15 is 0 Å². The van der Waals surface area contributed by atoms with Crippen molar-refractivity contribution in [1.82, 2.24) is 4.90 Å². The molecule has 1 aliphatic carbocycles. The highest BCUT2D eigenvalue weighted by Crippen LogP contribution is 2.23. The van der Waals surface area contributed by atoms with Gasteiger partial charge in [0.1, 0.15) is 6.61 Å². The van der Waals surface area contributed by atoms with Crippen LogP contribution in [-0.4, -0.2) is 44.2 Å². The van der Waals surface area contributed by atoms with Gasteiger partial charge in [0.05, 0.1) is 6.61 Å². The van der Waals surface area contributed by atoms with Crippen molar-refractivity contribution < 1.29 is 9.53 Å². The average Bonchev–Trinajstić information content (AvgIpc) is 2.30. The third kappa shape index (κ3) is 4.94. The summed E-state index contributed by atoms with van der Waals surface area (Å²) in [6.45, 7) is 1.98. The maximum Gasteiger partial charge on any atom is 0.248 e. The molecule has 16 heavy (non-hydrogen) atoms. The third-order valence-corrected chi connectivity index (χ3v) is 3.17. The number of carbonyl (C=O) groups is 1. The fourth-order valence-electron chi connectivity index (χ4n) is 2.21. The summed E-state index contributed by atoms with van der Waals surface area (Å²) in [4.78, 5) is 13.4. The summed E-state index contributed by atoms with van der Waals surface area (Å²) < 4.78 is 5.14. The van der Waals surface area contributed by atoms with Crippen molar-refractivity contribution in [3.05, 3.63) is 0 Å². The summed E-state index contributed by atoms with van der Waals surface area (Å²) in [6, 6.07) is 0. The van der Waals surface area contributed by atoms with Crippen molar-refractivity contribution in [2.45, 2.75) is 32.1 Å². The summed E-state index contributed by atoms with van der Waals surface area (Å²) in [5.41, 5.74) is 5.29. The van der Waals surface area contributed by atoms with Crippen molar-refractivity contribution in [1.29, 1.82) is 0 Å². The molecule has 1 aliphatic rings. The highest BCUT2D eigenvalue weighted by molar-refractivity contribution is 5.77. The first kappa shape index (κ1) is 13.5. The molecule has 4 heteroatoms. The molecular weight excluding hydrogens is 204 g/mol. The van der Waals surface area contributed by atoms with Gasteiger partial charge in [-0.05, 0) is 18.8 Å². The van der Waals surface area contributed by atoms with Crippen LogP contribution in [-0.2, 0) is 9.53 Å². The maximum absolute atomic E-state index is 11.7. The third-order valence-electron chi connectivity index (χ3n) is 3.17. The van der Waals surface area contributed by atoms with E-state index in [0.717, 1.165) is 6.54 Å². The predicted molar refractivity (Wildman–Crippen MR) is 64.1 cm³/mol. The molecule has 0 aromatic rings. The fraction of sp³-hybridized carbons (Fsp3) is 0.917. The van der Waals surface area contributed by atoms with Gasteiger partial charge in [0.2, 0.25) is 5.91 Å². The van der Waals surface area contributed by atoms with Crippen LogP contribution >= 0.6 is 0 Å². The SMILES string of the molecule is CN(CC1CCCCC1)C(=O)COCCN. The van der Waals surface area contributed by atoms with Crippen molar-refractivity contribution in [2.24, 2.45) is 11.7 Å². The Morgan fingerprint density at radius 3 is 2.69 bits per heavy atom. The Labute approximate surface area is 98.1 Å². The summed E-state index contributed by atoms with van der Waals surface area (Å²) in [6.07, 6.45) is 6.52. The molecule has 0 aromatic carbocycles. The van der Waals surface area contributed by atoms with Crippen LogP contribution in [0.15, 0.2) is 0 Å². The minimum absolute atomic E-state index is 0.0685. The molecule has 94 valence electrons. The monoisotopic (exact) mass is 228 g/mol. The maximum atomic E-state index is 11.7. The van der Waals surface area contributed by atoms with E-state index in [0.29, 0.717) is 19.1 Å². The van der Waals surface area contributed by atoms with Crippen LogP contribution in [0.1, 0.15) is 32.1 Å². The van der Waals surface area contributed by atoms with E-state index in [1.165, 1.54) is 32.1 Å². The lowest BCUT2D eigenvalue weighted by molar-refractivity contribution is -0.135. The van der Waals surface area contributed by atoms with Crippen LogP contribution in [0, 0.1) is 5.92 Å². The van der Waals surface area contributed by atoms with Gasteiger partial charge >= 0.3 is 0 Å². The van der Waals surface area contributed by atoms with E-state index in [1.54, 1.807) is 4.90 Å². The van der Waals surface area contributed by atoms with E-state index in [2.05, 4.69) is 0 Å². The number of amides is 1. The van der Waals surface area contributed by atoms with Crippen LogP contribution in [0.5, 0.6) is 0 Å². The molecule has 1 fully saturated rings. The lowest BCUT2D eigenvalue weighted by atomic mass is 9.89. The number of nitrogens with two attached hydrogens (primary N) is 1. The summed E-state index contributed by atoms with van der Waals surface area (Å²) in [7, 11) is 1.86. The first-order chi connectivity index (χ1) is 7.74. The van der Waals surface area contributed by atoms with Crippen molar-refractivity contribution in [3.8, 4) is 0 Å². The number of likely N-dealkylation sites (N-methyl/N-ethyl adjacent to an activating group) is 1. The molecule has 1 saturated carbocycles. The summed E-state index contributed by atoms with van der Waals surface area (Å²) in [5.74, 6) is 0.760. The zero-order chi connectivity index (χ0) is 11.8. The Kier molecular flexibility index (Phi) is 6.42. The second-order valence-corrected chi connectivity index (χ2v) is 4.62. The Hall–Kier alpha value is -0.610. The molecule has 0 unspecified atom stereocenters. The second-order valence-electron chi connectivity index (χ2n) is 4.62. The Morgan fingerprint density at radius 1 is 1.38 bits per heavy atom. The molecule has 0 aliphatic heterocycles. The van der Waals surface area contributed by atoms with Crippen LogP contribution in [0.25, 0.3) is 0 Å². The topological polar surface area (TPSA) is 55.6 Å². The molecule has 0 aromatic heterocycles. The van der Waals surface area contributed by atoms with Crippen molar-refractivity contribution in [2.75, 3.05) is 33.4 Å². The normalized spacial score (nSPS) is 17.4. The predicted octanol–water partition coefficient (Wildman–Crippen LogP) is 1.00. The van der Waals surface area contributed by atoms with Crippen LogP contribution < -0.4 is 5.73 Å². The van der Waals surface area contributed by atoms with E-state index in [4.69, 9.17) is 10.5 Å². The van der Waals surface area contributed by atoms with Gasteiger partial charge in [-0.2, -0.15) is 0 Å². The molecule has 0 radical (unpaired) electrons. The molecule has 1 amide bonds. The fourth-order valence-corrected chi connectivity index (χ4v) is 2.21. The lowest BCUT2D eigenvalue weighted by Gasteiger charge is -2.27. The first-order valence-electron chi connectivity index (χ1n) is 6.26. The summed E-state index contributed by atoms with van der Waals surface area (Å²) >= 11 is 0. The number of hydrogen-bond donors (Lipinski definition) is 1. The van der Waals surface area contributed by atoms with Crippen molar-refractivity contribution in [3.63, 3.8) is 0 Å². The second kappa shape index (κ2) is 7.63. The Balaban J connectivity index is 2.16. The molecule has 0 saturated heterocycles. The molecule has 2 N–H and O–H groups in total. The molecule has 0 heterocycles. The quantitative estimate of drug-likeness (QED) is 0.690. The Bertz CT molecular complexity index is 203. The minimum atomic E-state index is 0.0685. The van der Waals surface area contributed by atoms with E-state index in [-0.39, 0.29) is 12.5 Å². The highest BCUT2D eigenvalue weighted by atomic mass is 16.5. The zero-order valence-electron chi connectivity index (χ0n) is 10.3. The lowest BCUT2D eigenvalue weighted by Crippen LogP contribution is -2.35. The van der Waals surface area contributed by atoms with Gasteiger partial charge in [-0.1, -0.05) is 19.3 Å². The average molecular weight is 228 g/mol. The molecule has 4 nitrogen and oxygen atoms in total. The zero-order valence-corrected chi connectivity index (χ0v) is 10.3. The number of nitrogens with zero attached hydrogens (tertiary/aromatic N) is 1. The first-order valence-corrected chi connectivity index (χ1v) is 6.26. The minimum Gasteiger partial charge on any atom is -0.370 e. The van der Waals surface area contributed by atoms with E-state index < -0.39 is 0 Å². The van der Waals surface area contributed by atoms with Gasteiger partial charge < -0.3 is 15.4 Å². The van der Waals surface area contributed by atoms with Gasteiger partial charge in [-0.15, -0.1) is 0 Å². The van der Waals surface area contributed by atoms with Crippen LogP contribution in [0.3, 0.4) is 0 Å². The summed E-state index contributed by atoms with van der Waals surface area (Å²) in [5, 5.41) is 0. The van der Waals surface area contributed by atoms with Gasteiger partial charge in [0, 0.05) is 20.1 Å². The standard InChI is InChI=1S/C12H24N2O2/c1-14(12(15)10-16-8-7-13)9-11-5-3-2-4-6-11/h11H,2-10,13H2,1H3. The van der Waals surface area contributed by atoms with Gasteiger partial charge in [0.15, 0.2) is 0 Å². The van der Waals surface area contributed by atoms with Crippen LogP contribution in [0.4, 0.5) is 0 Å². The largest absolute Gasteiger partial charge is 0.370 e. The van der Waals surface area contributed by atoms with Crippen molar-refractivity contribution >= 4 is 5.91 Å². The number of carbonyl (C=O) groups excluding carboxylic acids is 1. The van der Waals surface area contributed by atoms with Gasteiger partial charge in [-0.25, -0.2) is 0 Å². The van der Waals surface area contributed by atoms with E-state index in [9.17, 15) is 4.79 Å². The highest BCUT2D eigenvalue weighted by Gasteiger charge is 2.17. The smallest absolute Gasteiger partial charge is 0.248 e. The number of rotatable bonds is 6. The molecule has 1 rings (SSSR count). The van der Waals surface area contributed by atoms with E-state index in [1.807, 2.05) is 7.05 Å².